The molecule has 8 heteroatoms. The van der Waals surface area contributed by atoms with E-state index in [0.717, 1.165) is 0 Å². The lowest BCUT2D eigenvalue weighted by Gasteiger charge is -2.03. The molecule has 21 heavy (non-hydrogen) atoms. The zero-order chi connectivity index (χ0) is 15.2. The van der Waals surface area contributed by atoms with Crippen molar-refractivity contribution in [1.82, 2.24) is 4.98 Å². The highest BCUT2D eigenvalue weighted by atomic mass is 32.1. The van der Waals surface area contributed by atoms with Crippen molar-refractivity contribution >= 4 is 34.2 Å². The van der Waals surface area contributed by atoms with E-state index in [1.807, 2.05) is 0 Å². The van der Waals surface area contributed by atoms with Gasteiger partial charge in [0.25, 0.3) is 0 Å². The number of amides is 2. The summed E-state index contributed by atoms with van der Waals surface area (Å²) < 4.78 is 17.2. The summed E-state index contributed by atoms with van der Waals surface area (Å²) in [6.07, 6.45) is -0.567. The van der Waals surface area contributed by atoms with Crippen molar-refractivity contribution < 1.29 is 18.7 Å². The molecule has 0 aliphatic rings. The molecule has 0 fully saturated rings. The van der Waals surface area contributed by atoms with Gasteiger partial charge in [-0.2, -0.15) is 0 Å². The number of nitrogens with one attached hydrogen (secondary N) is 2. The van der Waals surface area contributed by atoms with E-state index in [9.17, 15) is 14.0 Å². The maximum absolute atomic E-state index is 12.7. The zero-order valence-electron chi connectivity index (χ0n) is 11.1. The third-order valence-corrected chi connectivity index (χ3v) is 3.22. The third-order valence-electron chi connectivity index (χ3n) is 2.42. The first kappa shape index (κ1) is 14.9. The number of methoxy groups -OCH3 is 1. The average Bonchev–Trinajstić information content (AvgIpc) is 2.88. The van der Waals surface area contributed by atoms with Crippen LogP contribution in [-0.2, 0) is 16.0 Å². The number of nitrogens with zero attached hydrogens (tertiary/aromatic N) is 1. The van der Waals surface area contributed by atoms with Crippen molar-refractivity contribution in [2.45, 2.75) is 6.42 Å². The van der Waals surface area contributed by atoms with Crippen LogP contribution in [0.1, 0.15) is 5.69 Å². The van der Waals surface area contributed by atoms with Gasteiger partial charge in [-0.25, -0.2) is 14.2 Å². The highest BCUT2D eigenvalue weighted by Gasteiger charge is 2.10. The summed E-state index contributed by atoms with van der Waals surface area (Å²) in [7, 11) is 1.25. The fourth-order valence-corrected chi connectivity index (χ4v) is 2.18. The maximum Gasteiger partial charge on any atom is 0.413 e. The average molecular weight is 309 g/mol. The number of aromatic nitrogens is 1. The van der Waals surface area contributed by atoms with E-state index in [-0.39, 0.29) is 18.1 Å². The molecule has 0 saturated heterocycles. The minimum Gasteiger partial charge on any atom is -0.453 e. The normalized spacial score (nSPS) is 10.0. The van der Waals surface area contributed by atoms with Crippen molar-refractivity contribution in [1.29, 1.82) is 0 Å². The summed E-state index contributed by atoms with van der Waals surface area (Å²) in [5.41, 5.74) is 1.02. The lowest BCUT2D eigenvalue weighted by atomic mass is 10.3. The Bertz CT molecular complexity index is 642. The van der Waals surface area contributed by atoms with Crippen LogP contribution in [0.25, 0.3) is 0 Å². The molecule has 2 aromatic rings. The van der Waals surface area contributed by atoms with E-state index < -0.39 is 6.09 Å². The van der Waals surface area contributed by atoms with Gasteiger partial charge in [0.15, 0.2) is 5.13 Å². The Labute approximate surface area is 124 Å². The van der Waals surface area contributed by atoms with Gasteiger partial charge in [0.1, 0.15) is 5.82 Å². The predicted molar refractivity (Wildman–Crippen MR) is 76.9 cm³/mol. The topological polar surface area (TPSA) is 80.3 Å². The molecule has 1 heterocycles. The highest BCUT2D eigenvalue weighted by Crippen LogP contribution is 2.16. The van der Waals surface area contributed by atoms with Crippen molar-refractivity contribution in [3.63, 3.8) is 0 Å². The van der Waals surface area contributed by atoms with Crippen LogP contribution in [0, 0.1) is 5.82 Å². The number of benzene rings is 1. The highest BCUT2D eigenvalue weighted by molar-refractivity contribution is 7.13. The van der Waals surface area contributed by atoms with Crippen LogP contribution in [0.4, 0.5) is 20.0 Å². The Hall–Kier alpha value is -2.48. The molecular weight excluding hydrogens is 297 g/mol. The van der Waals surface area contributed by atoms with Gasteiger partial charge in [-0.3, -0.25) is 10.1 Å². The molecule has 1 aromatic carbocycles. The van der Waals surface area contributed by atoms with Gasteiger partial charge in [-0.1, -0.05) is 0 Å². The van der Waals surface area contributed by atoms with Crippen molar-refractivity contribution in [3.05, 3.63) is 41.2 Å². The summed E-state index contributed by atoms with van der Waals surface area (Å²) in [4.78, 5) is 26.9. The molecule has 0 saturated carbocycles. The summed E-state index contributed by atoms with van der Waals surface area (Å²) in [5, 5.41) is 7.06. The molecule has 2 N–H and O–H groups in total. The van der Waals surface area contributed by atoms with Gasteiger partial charge in [0.2, 0.25) is 5.91 Å². The molecule has 0 unspecified atom stereocenters. The molecular formula is C13H12FN3O3S. The van der Waals surface area contributed by atoms with Gasteiger partial charge >= 0.3 is 6.09 Å². The largest absolute Gasteiger partial charge is 0.453 e. The Morgan fingerprint density at radius 1 is 1.29 bits per heavy atom. The van der Waals surface area contributed by atoms with Crippen LogP contribution in [-0.4, -0.2) is 24.1 Å². The van der Waals surface area contributed by atoms with E-state index in [2.05, 4.69) is 20.4 Å². The van der Waals surface area contributed by atoms with Gasteiger partial charge in [0.05, 0.1) is 19.2 Å². The van der Waals surface area contributed by atoms with Crippen molar-refractivity contribution in [2.24, 2.45) is 0 Å². The lowest BCUT2D eigenvalue weighted by molar-refractivity contribution is -0.115. The minimum atomic E-state index is -0.619. The Morgan fingerprint density at radius 3 is 2.67 bits per heavy atom. The first-order valence-electron chi connectivity index (χ1n) is 5.91. The number of hydrogen-bond donors (Lipinski definition) is 2. The second-order valence-electron chi connectivity index (χ2n) is 3.99. The number of carbonyl (C=O) groups excluding carboxylic acids is 2. The van der Waals surface area contributed by atoms with E-state index in [1.165, 1.54) is 42.7 Å². The number of anilines is 2. The minimum absolute atomic E-state index is 0.0523. The maximum atomic E-state index is 12.7. The lowest BCUT2D eigenvalue weighted by Crippen LogP contribution is -2.15. The molecule has 0 aliphatic heterocycles. The molecule has 110 valence electrons. The zero-order valence-corrected chi connectivity index (χ0v) is 11.9. The molecule has 6 nitrogen and oxygen atoms in total. The molecule has 0 radical (unpaired) electrons. The molecule has 1 aromatic heterocycles. The number of carbonyl (C=O) groups is 2. The fourth-order valence-electron chi connectivity index (χ4n) is 1.49. The molecule has 0 bridgehead atoms. The van der Waals surface area contributed by atoms with Gasteiger partial charge in [0, 0.05) is 11.1 Å². The van der Waals surface area contributed by atoms with Gasteiger partial charge in [-0.05, 0) is 24.3 Å². The number of hydrogen-bond acceptors (Lipinski definition) is 5. The number of thiazole rings is 1. The number of halogens is 1. The molecule has 2 rings (SSSR count). The smallest absolute Gasteiger partial charge is 0.413 e. The summed E-state index contributed by atoms with van der Waals surface area (Å²) in [6, 6.07) is 5.46. The van der Waals surface area contributed by atoms with E-state index in [1.54, 1.807) is 5.38 Å². The fraction of sp³-hybridized carbons (Fsp3) is 0.154. The summed E-state index contributed by atoms with van der Waals surface area (Å²) >= 11 is 1.19. The van der Waals surface area contributed by atoms with Crippen LogP contribution in [0.2, 0.25) is 0 Å². The monoisotopic (exact) mass is 309 g/mol. The number of ether oxygens (including phenoxy) is 1. The predicted octanol–water partition coefficient (Wildman–Crippen LogP) is 2.64. The molecule has 0 spiro atoms. The van der Waals surface area contributed by atoms with E-state index in [0.29, 0.717) is 16.5 Å². The molecule has 0 aliphatic carbocycles. The third kappa shape index (κ3) is 4.53. The Morgan fingerprint density at radius 2 is 2.00 bits per heavy atom. The quantitative estimate of drug-likeness (QED) is 0.910. The van der Waals surface area contributed by atoms with Gasteiger partial charge in [-0.15, -0.1) is 11.3 Å². The second-order valence-corrected chi connectivity index (χ2v) is 4.85. The van der Waals surface area contributed by atoms with Crippen LogP contribution in [0.15, 0.2) is 29.6 Å². The summed E-state index contributed by atoms with van der Waals surface area (Å²) in [5.74, 6) is -0.650. The molecule has 2 amide bonds. The van der Waals surface area contributed by atoms with Crippen LogP contribution >= 0.6 is 11.3 Å². The van der Waals surface area contributed by atoms with Crippen LogP contribution in [0.5, 0.6) is 0 Å². The van der Waals surface area contributed by atoms with E-state index >= 15 is 0 Å². The standard InChI is InChI=1S/C13H12FN3O3S/c1-20-13(19)17-12-16-10(7-21-12)6-11(18)15-9-4-2-8(14)3-5-9/h2-5,7H,6H2,1H3,(H,15,18)(H,16,17,19). The van der Waals surface area contributed by atoms with Crippen LogP contribution < -0.4 is 10.6 Å². The Kier molecular flexibility index (Phi) is 4.83. The van der Waals surface area contributed by atoms with Gasteiger partial charge < -0.3 is 10.1 Å². The second kappa shape index (κ2) is 6.80. The molecule has 0 atom stereocenters. The van der Waals surface area contributed by atoms with E-state index in [4.69, 9.17) is 0 Å². The summed E-state index contributed by atoms with van der Waals surface area (Å²) in [6.45, 7) is 0. The number of rotatable bonds is 4. The van der Waals surface area contributed by atoms with Crippen molar-refractivity contribution in [3.8, 4) is 0 Å². The van der Waals surface area contributed by atoms with Crippen LogP contribution in [0.3, 0.4) is 0 Å². The Balaban J connectivity index is 1.90. The van der Waals surface area contributed by atoms with Crippen molar-refractivity contribution in [2.75, 3.05) is 17.7 Å². The SMILES string of the molecule is COC(=O)Nc1nc(CC(=O)Nc2ccc(F)cc2)cs1. The first-order chi connectivity index (χ1) is 10.1. The first-order valence-corrected chi connectivity index (χ1v) is 6.79.